The third-order valence-corrected chi connectivity index (χ3v) is 2.40. The number of rotatable bonds is 6. The van der Waals surface area contributed by atoms with Gasteiger partial charge in [-0.25, -0.2) is 4.79 Å². The zero-order chi connectivity index (χ0) is 12.7. The molecule has 0 aliphatic heterocycles. The van der Waals surface area contributed by atoms with Gasteiger partial charge in [-0.3, -0.25) is 0 Å². The fourth-order valence-corrected chi connectivity index (χ4v) is 1.44. The molecule has 1 unspecified atom stereocenters. The lowest BCUT2D eigenvalue weighted by Gasteiger charge is -2.10. The molecule has 4 nitrogen and oxygen atoms in total. The van der Waals surface area contributed by atoms with E-state index in [1.807, 2.05) is 12.1 Å². The maximum atomic E-state index is 11.3. The number of hydrogen-bond donors (Lipinski definition) is 1. The van der Waals surface area contributed by atoms with E-state index in [-0.39, 0.29) is 6.61 Å². The topological polar surface area (TPSA) is 55.8 Å². The van der Waals surface area contributed by atoms with Gasteiger partial charge >= 0.3 is 5.97 Å². The Labute approximate surface area is 101 Å². The molecule has 4 heteroatoms. The summed E-state index contributed by atoms with van der Waals surface area (Å²) in [6.07, 6.45) is -0.391. The molecule has 0 aliphatic rings. The fourth-order valence-electron chi connectivity index (χ4n) is 1.44. The second kappa shape index (κ2) is 7.04. The van der Waals surface area contributed by atoms with Crippen LogP contribution < -0.4 is 0 Å². The van der Waals surface area contributed by atoms with Crippen molar-refractivity contribution in [2.75, 3.05) is 20.3 Å². The first-order chi connectivity index (χ1) is 8.19. The predicted molar refractivity (Wildman–Crippen MR) is 63.6 cm³/mol. The average Bonchev–Trinajstić information content (AvgIpc) is 2.36. The normalized spacial score (nSPS) is 12.2. The molecule has 1 atom stereocenters. The van der Waals surface area contributed by atoms with Crippen LogP contribution in [0.2, 0.25) is 0 Å². The number of aliphatic hydroxyl groups is 1. The summed E-state index contributed by atoms with van der Waals surface area (Å²) in [5.41, 5.74) is 1.65. The van der Waals surface area contributed by atoms with E-state index in [0.717, 1.165) is 12.0 Å². The molecule has 1 N–H and O–H groups in total. The Hall–Kier alpha value is -1.39. The van der Waals surface area contributed by atoms with Gasteiger partial charge in [0.05, 0.1) is 13.2 Å². The number of benzene rings is 1. The Bertz CT molecular complexity index is 345. The second-order valence-electron chi connectivity index (χ2n) is 3.64. The van der Waals surface area contributed by atoms with Crippen molar-refractivity contribution in [2.45, 2.75) is 19.4 Å². The van der Waals surface area contributed by atoms with Gasteiger partial charge in [-0.15, -0.1) is 0 Å². The maximum absolute atomic E-state index is 11.3. The standard InChI is InChI=1S/C13H18O4/c1-3-17-13(15)12(14)11-6-4-10(5-7-11)8-9-16-2/h4-7,12,14H,3,8-9H2,1-2H3. The quantitative estimate of drug-likeness (QED) is 0.762. The second-order valence-corrected chi connectivity index (χ2v) is 3.64. The third kappa shape index (κ3) is 4.17. The van der Waals surface area contributed by atoms with Crippen molar-refractivity contribution in [1.82, 2.24) is 0 Å². The van der Waals surface area contributed by atoms with Crippen LogP contribution in [0.4, 0.5) is 0 Å². The van der Waals surface area contributed by atoms with Gasteiger partial charge in [-0.1, -0.05) is 24.3 Å². The number of methoxy groups -OCH3 is 1. The van der Waals surface area contributed by atoms with Gasteiger partial charge in [0, 0.05) is 7.11 Å². The molecule has 0 bridgehead atoms. The molecule has 0 aliphatic carbocycles. The van der Waals surface area contributed by atoms with E-state index in [4.69, 9.17) is 9.47 Å². The SMILES string of the molecule is CCOC(=O)C(O)c1ccc(CCOC)cc1. The van der Waals surface area contributed by atoms with Crippen LogP contribution in [0.3, 0.4) is 0 Å². The van der Waals surface area contributed by atoms with Gasteiger partial charge in [0.25, 0.3) is 0 Å². The number of ether oxygens (including phenoxy) is 2. The zero-order valence-electron chi connectivity index (χ0n) is 10.2. The van der Waals surface area contributed by atoms with Crippen molar-refractivity contribution >= 4 is 5.97 Å². The summed E-state index contributed by atoms with van der Waals surface area (Å²) in [5, 5.41) is 9.69. The molecular formula is C13H18O4. The molecular weight excluding hydrogens is 220 g/mol. The number of esters is 1. The molecule has 0 saturated carbocycles. The molecule has 0 saturated heterocycles. The first-order valence-corrected chi connectivity index (χ1v) is 5.61. The first kappa shape index (κ1) is 13.7. The van der Waals surface area contributed by atoms with Crippen LogP contribution in [0, 0.1) is 0 Å². The molecule has 0 amide bonds. The van der Waals surface area contributed by atoms with Crippen LogP contribution in [0.1, 0.15) is 24.2 Å². The van der Waals surface area contributed by atoms with Gasteiger partial charge < -0.3 is 14.6 Å². The lowest BCUT2D eigenvalue weighted by Crippen LogP contribution is -2.15. The van der Waals surface area contributed by atoms with Crippen molar-refractivity contribution in [3.8, 4) is 0 Å². The predicted octanol–water partition coefficient (Wildman–Crippen LogP) is 1.47. The highest BCUT2D eigenvalue weighted by Gasteiger charge is 2.17. The largest absolute Gasteiger partial charge is 0.464 e. The third-order valence-electron chi connectivity index (χ3n) is 2.40. The minimum Gasteiger partial charge on any atom is -0.464 e. The fraction of sp³-hybridized carbons (Fsp3) is 0.462. The summed E-state index contributed by atoms with van der Waals surface area (Å²) >= 11 is 0. The molecule has 0 aromatic heterocycles. The molecule has 0 heterocycles. The summed E-state index contributed by atoms with van der Waals surface area (Å²) in [6, 6.07) is 7.20. The molecule has 1 rings (SSSR count). The summed E-state index contributed by atoms with van der Waals surface area (Å²) in [6.45, 7) is 2.63. The Morgan fingerprint density at radius 3 is 2.53 bits per heavy atom. The minimum atomic E-state index is -1.20. The van der Waals surface area contributed by atoms with Gasteiger partial charge in [-0.05, 0) is 24.5 Å². The maximum Gasteiger partial charge on any atom is 0.339 e. The van der Waals surface area contributed by atoms with Crippen molar-refractivity contribution in [3.63, 3.8) is 0 Å². The van der Waals surface area contributed by atoms with Crippen LogP contribution >= 0.6 is 0 Å². The Morgan fingerprint density at radius 1 is 1.35 bits per heavy atom. The van der Waals surface area contributed by atoms with E-state index in [2.05, 4.69) is 0 Å². The van der Waals surface area contributed by atoms with Crippen LogP contribution in [-0.2, 0) is 20.7 Å². The smallest absolute Gasteiger partial charge is 0.339 e. The van der Waals surface area contributed by atoms with Gasteiger partial charge in [-0.2, -0.15) is 0 Å². The number of aliphatic hydroxyl groups excluding tert-OH is 1. The Morgan fingerprint density at radius 2 is 2.00 bits per heavy atom. The first-order valence-electron chi connectivity index (χ1n) is 5.61. The monoisotopic (exact) mass is 238 g/mol. The van der Waals surface area contributed by atoms with Gasteiger partial charge in [0.2, 0.25) is 0 Å². The highest BCUT2D eigenvalue weighted by atomic mass is 16.5. The molecule has 94 valence electrons. The molecule has 17 heavy (non-hydrogen) atoms. The zero-order valence-corrected chi connectivity index (χ0v) is 10.2. The Balaban J connectivity index is 2.63. The van der Waals surface area contributed by atoms with Crippen molar-refractivity contribution in [2.24, 2.45) is 0 Å². The van der Waals surface area contributed by atoms with Crippen molar-refractivity contribution < 1.29 is 19.4 Å². The number of carbonyl (C=O) groups excluding carboxylic acids is 1. The van der Waals surface area contributed by atoms with Crippen molar-refractivity contribution in [1.29, 1.82) is 0 Å². The molecule has 1 aromatic carbocycles. The van der Waals surface area contributed by atoms with Crippen LogP contribution in [0.5, 0.6) is 0 Å². The van der Waals surface area contributed by atoms with Gasteiger partial charge in [0.15, 0.2) is 6.10 Å². The minimum absolute atomic E-state index is 0.266. The lowest BCUT2D eigenvalue weighted by molar-refractivity contribution is -0.153. The van der Waals surface area contributed by atoms with E-state index < -0.39 is 12.1 Å². The van der Waals surface area contributed by atoms with Crippen LogP contribution in [0.25, 0.3) is 0 Å². The molecule has 0 fully saturated rings. The number of hydrogen-bond acceptors (Lipinski definition) is 4. The van der Waals surface area contributed by atoms with Crippen LogP contribution in [0.15, 0.2) is 24.3 Å². The van der Waals surface area contributed by atoms with Crippen LogP contribution in [-0.4, -0.2) is 31.4 Å². The summed E-state index contributed by atoms with van der Waals surface area (Å²) in [7, 11) is 1.65. The highest BCUT2D eigenvalue weighted by Crippen LogP contribution is 2.15. The molecule has 0 radical (unpaired) electrons. The molecule has 1 aromatic rings. The average molecular weight is 238 g/mol. The number of carbonyl (C=O) groups is 1. The highest BCUT2D eigenvalue weighted by molar-refractivity contribution is 5.76. The summed E-state index contributed by atoms with van der Waals surface area (Å²) in [5.74, 6) is -0.614. The Kier molecular flexibility index (Phi) is 5.66. The van der Waals surface area contributed by atoms with Crippen molar-refractivity contribution in [3.05, 3.63) is 35.4 Å². The van der Waals surface area contributed by atoms with E-state index in [1.54, 1.807) is 26.2 Å². The molecule has 0 spiro atoms. The lowest BCUT2D eigenvalue weighted by atomic mass is 10.1. The van der Waals surface area contributed by atoms with E-state index in [9.17, 15) is 9.90 Å². The van der Waals surface area contributed by atoms with Gasteiger partial charge in [0.1, 0.15) is 0 Å². The van der Waals surface area contributed by atoms with E-state index in [1.165, 1.54) is 0 Å². The summed E-state index contributed by atoms with van der Waals surface area (Å²) in [4.78, 5) is 11.3. The van der Waals surface area contributed by atoms with E-state index >= 15 is 0 Å². The van der Waals surface area contributed by atoms with E-state index in [0.29, 0.717) is 12.2 Å². The summed E-state index contributed by atoms with van der Waals surface area (Å²) < 4.78 is 9.71.